The standard InChI is InChI=1S/C15H21NO4/c1-17-15-12(14-9-16-6-8-19-14)3-2-4-13(15)20-11-5-7-18-10-11/h2-4,11,14,16H,5-10H2,1H3. The van der Waals surface area contributed by atoms with Crippen LogP contribution in [0.3, 0.4) is 0 Å². The van der Waals surface area contributed by atoms with Gasteiger partial charge >= 0.3 is 0 Å². The number of hydrogen-bond donors (Lipinski definition) is 1. The number of nitrogens with one attached hydrogen (secondary N) is 1. The number of para-hydroxylation sites is 1. The lowest BCUT2D eigenvalue weighted by Gasteiger charge is -2.26. The molecular weight excluding hydrogens is 258 g/mol. The summed E-state index contributed by atoms with van der Waals surface area (Å²) < 4.78 is 22.7. The zero-order chi connectivity index (χ0) is 13.8. The molecule has 5 nitrogen and oxygen atoms in total. The molecule has 1 aromatic carbocycles. The maximum absolute atomic E-state index is 6.00. The highest BCUT2D eigenvalue weighted by molar-refractivity contribution is 5.48. The number of benzene rings is 1. The van der Waals surface area contributed by atoms with Crippen molar-refractivity contribution in [3.63, 3.8) is 0 Å². The van der Waals surface area contributed by atoms with Gasteiger partial charge in [0.05, 0.1) is 33.0 Å². The van der Waals surface area contributed by atoms with Gasteiger partial charge in [-0.2, -0.15) is 0 Å². The first-order chi connectivity index (χ1) is 9.88. The van der Waals surface area contributed by atoms with E-state index in [1.165, 1.54) is 0 Å². The van der Waals surface area contributed by atoms with E-state index < -0.39 is 0 Å². The van der Waals surface area contributed by atoms with Gasteiger partial charge in [0, 0.05) is 25.1 Å². The van der Waals surface area contributed by atoms with Gasteiger partial charge in [-0.1, -0.05) is 12.1 Å². The van der Waals surface area contributed by atoms with Crippen LogP contribution in [-0.4, -0.2) is 46.1 Å². The van der Waals surface area contributed by atoms with Crippen molar-refractivity contribution in [2.45, 2.75) is 18.6 Å². The van der Waals surface area contributed by atoms with Crippen LogP contribution in [0.1, 0.15) is 18.1 Å². The van der Waals surface area contributed by atoms with E-state index >= 15 is 0 Å². The van der Waals surface area contributed by atoms with Crippen molar-refractivity contribution < 1.29 is 18.9 Å². The second-order valence-electron chi connectivity index (χ2n) is 5.05. The molecule has 110 valence electrons. The van der Waals surface area contributed by atoms with Gasteiger partial charge in [-0.15, -0.1) is 0 Å². The van der Waals surface area contributed by atoms with Crippen LogP contribution in [0.2, 0.25) is 0 Å². The Balaban J connectivity index is 1.82. The van der Waals surface area contributed by atoms with Crippen LogP contribution in [0.15, 0.2) is 18.2 Å². The first-order valence-electron chi connectivity index (χ1n) is 7.12. The lowest BCUT2D eigenvalue weighted by molar-refractivity contribution is 0.0258. The second-order valence-corrected chi connectivity index (χ2v) is 5.05. The minimum Gasteiger partial charge on any atom is -0.492 e. The summed E-state index contributed by atoms with van der Waals surface area (Å²) in [4.78, 5) is 0. The van der Waals surface area contributed by atoms with Crippen LogP contribution in [0.25, 0.3) is 0 Å². The predicted octanol–water partition coefficient (Wildman–Crippen LogP) is 1.52. The zero-order valence-corrected chi connectivity index (χ0v) is 11.8. The number of hydrogen-bond acceptors (Lipinski definition) is 5. The zero-order valence-electron chi connectivity index (χ0n) is 11.8. The van der Waals surface area contributed by atoms with Crippen LogP contribution >= 0.6 is 0 Å². The maximum Gasteiger partial charge on any atom is 0.166 e. The molecule has 0 aliphatic carbocycles. The van der Waals surface area contributed by atoms with Gasteiger partial charge in [-0.05, 0) is 6.07 Å². The Bertz CT molecular complexity index is 439. The summed E-state index contributed by atoms with van der Waals surface area (Å²) in [5.41, 5.74) is 1.04. The fourth-order valence-corrected chi connectivity index (χ4v) is 2.65. The van der Waals surface area contributed by atoms with E-state index in [9.17, 15) is 0 Å². The van der Waals surface area contributed by atoms with E-state index in [2.05, 4.69) is 5.32 Å². The molecule has 0 aromatic heterocycles. The molecule has 5 heteroatoms. The fraction of sp³-hybridized carbons (Fsp3) is 0.600. The second kappa shape index (κ2) is 6.43. The normalized spacial score (nSPS) is 26.4. The van der Waals surface area contributed by atoms with Crippen LogP contribution in [-0.2, 0) is 9.47 Å². The highest BCUT2D eigenvalue weighted by Gasteiger charge is 2.24. The van der Waals surface area contributed by atoms with Gasteiger partial charge in [0.2, 0.25) is 0 Å². The summed E-state index contributed by atoms with van der Waals surface area (Å²) in [5.74, 6) is 1.54. The molecule has 1 N–H and O–H groups in total. The van der Waals surface area contributed by atoms with E-state index in [1.807, 2.05) is 18.2 Å². The molecular formula is C15H21NO4. The molecule has 0 saturated carbocycles. The fourth-order valence-electron chi connectivity index (χ4n) is 2.65. The Kier molecular flexibility index (Phi) is 4.40. The van der Waals surface area contributed by atoms with Crippen molar-refractivity contribution in [1.29, 1.82) is 0 Å². The summed E-state index contributed by atoms with van der Waals surface area (Å²) in [6.45, 7) is 3.83. The molecule has 0 radical (unpaired) electrons. The third-order valence-corrected chi connectivity index (χ3v) is 3.67. The van der Waals surface area contributed by atoms with Crippen molar-refractivity contribution in [2.75, 3.05) is 40.0 Å². The number of methoxy groups -OCH3 is 1. The lowest BCUT2D eigenvalue weighted by Crippen LogP contribution is -2.33. The Morgan fingerprint density at radius 3 is 2.95 bits per heavy atom. The van der Waals surface area contributed by atoms with Crippen LogP contribution in [0.4, 0.5) is 0 Å². The third-order valence-electron chi connectivity index (χ3n) is 3.67. The molecule has 2 saturated heterocycles. The molecule has 2 heterocycles. The average Bonchev–Trinajstić information content (AvgIpc) is 3.01. The van der Waals surface area contributed by atoms with Gasteiger partial charge < -0.3 is 24.3 Å². The van der Waals surface area contributed by atoms with E-state index in [0.717, 1.165) is 49.8 Å². The van der Waals surface area contributed by atoms with Gasteiger partial charge in [0.25, 0.3) is 0 Å². The van der Waals surface area contributed by atoms with E-state index in [0.29, 0.717) is 6.61 Å². The first-order valence-corrected chi connectivity index (χ1v) is 7.12. The Hall–Kier alpha value is -1.30. The lowest BCUT2D eigenvalue weighted by atomic mass is 10.1. The number of rotatable bonds is 4. The summed E-state index contributed by atoms with van der Waals surface area (Å²) in [6, 6.07) is 5.96. The molecule has 2 aliphatic rings. The molecule has 2 atom stereocenters. The average molecular weight is 279 g/mol. The highest BCUT2D eigenvalue weighted by atomic mass is 16.6. The number of ether oxygens (including phenoxy) is 4. The smallest absolute Gasteiger partial charge is 0.166 e. The molecule has 0 amide bonds. The van der Waals surface area contributed by atoms with Gasteiger partial charge in [-0.25, -0.2) is 0 Å². The number of morpholine rings is 1. The molecule has 0 bridgehead atoms. The first kappa shape index (κ1) is 13.7. The van der Waals surface area contributed by atoms with Crippen molar-refractivity contribution in [1.82, 2.24) is 5.32 Å². The Labute approximate surface area is 119 Å². The predicted molar refractivity (Wildman–Crippen MR) is 74.4 cm³/mol. The molecule has 0 spiro atoms. The topological polar surface area (TPSA) is 49.0 Å². The van der Waals surface area contributed by atoms with E-state index in [-0.39, 0.29) is 12.2 Å². The summed E-state index contributed by atoms with van der Waals surface area (Å²) >= 11 is 0. The quantitative estimate of drug-likeness (QED) is 0.905. The third kappa shape index (κ3) is 2.90. The van der Waals surface area contributed by atoms with E-state index in [4.69, 9.17) is 18.9 Å². The van der Waals surface area contributed by atoms with Gasteiger partial charge in [0.1, 0.15) is 6.10 Å². The van der Waals surface area contributed by atoms with Gasteiger partial charge in [0.15, 0.2) is 11.5 Å². The summed E-state index contributed by atoms with van der Waals surface area (Å²) in [5, 5.41) is 3.34. The summed E-state index contributed by atoms with van der Waals surface area (Å²) in [6.07, 6.45) is 1.06. The molecule has 2 fully saturated rings. The van der Waals surface area contributed by atoms with Crippen molar-refractivity contribution in [2.24, 2.45) is 0 Å². The van der Waals surface area contributed by atoms with Crippen LogP contribution in [0.5, 0.6) is 11.5 Å². The van der Waals surface area contributed by atoms with Crippen molar-refractivity contribution in [3.8, 4) is 11.5 Å². The summed E-state index contributed by atoms with van der Waals surface area (Å²) in [7, 11) is 1.67. The largest absolute Gasteiger partial charge is 0.492 e. The molecule has 2 aliphatic heterocycles. The van der Waals surface area contributed by atoms with Crippen LogP contribution < -0.4 is 14.8 Å². The molecule has 3 rings (SSSR count). The molecule has 20 heavy (non-hydrogen) atoms. The Morgan fingerprint density at radius 2 is 2.25 bits per heavy atom. The minimum absolute atomic E-state index is 0.0158. The molecule has 1 aromatic rings. The highest BCUT2D eigenvalue weighted by Crippen LogP contribution is 2.37. The maximum atomic E-state index is 6.00. The van der Waals surface area contributed by atoms with Gasteiger partial charge in [-0.3, -0.25) is 0 Å². The monoisotopic (exact) mass is 279 g/mol. The SMILES string of the molecule is COc1c(OC2CCOC2)cccc1C1CNCCO1. The van der Waals surface area contributed by atoms with Crippen molar-refractivity contribution >= 4 is 0 Å². The van der Waals surface area contributed by atoms with Crippen molar-refractivity contribution in [3.05, 3.63) is 23.8 Å². The Morgan fingerprint density at radius 1 is 1.30 bits per heavy atom. The molecule has 2 unspecified atom stereocenters. The van der Waals surface area contributed by atoms with E-state index in [1.54, 1.807) is 7.11 Å². The van der Waals surface area contributed by atoms with Crippen LogP contribution in [0, 0.1) is 0 Å². The minimum atomic E-state index is 0.0158.